The monoisotopic (exact) mass is 405 g/mol. The number of ketones is 1. The quantitative estimate of drug-likeness (QED) is 0.824. The van der Waals surface area contributed by atoms with Crippen molar-refractivity contribution in [2.45, 2.75) is 50.2 Å². The van der Waals surface area contributed by atoms with E-state index >= 15 is 0 Å². The van der Waals surface area contributed by atoms with Crippen LogP contribution in [0.15, 0.2) is 29.7 Å². The zero-order valence-electron chi connectivity index (χ0n) is 15.5. The fourth-order valence-corrected chi connectivity index (χ4v) is 5.34. The molecule has 1 unspecified atom stereocenters. The van der Waals surface area contributed by atoms with Crippen molar-refractivity contribution < 1.29 is 27.5 Å². The van der Waals surface area contributed by atoms with Crippen LogP contribution in [-0.4, -0.2) is 44.1 Å². The Morgan fingerprint density at radius 2 is 2.04 bits per heavy atom. The highest BCUT2D eigenvalue weighted by atomic mass is 32.2. The molecule has 1 N–H and O–H groups in total. The average molecular weight is 405 g/mol. The van der Waals surface area contributed by atoms with E-state index in [0.717, 1.165) is 31.1 Å². The molecule has 0 radical (unpaired) electrons. The topological polar surface area (TPSA) is 98.8 Å². The van der Waals surface area contributed by atoms with Gasteiger partial charge in [-0.05, 0) is 43.9 Å². The van der Waals surface area contributed by atoms with E-state index in [4.69, 9.17) is 9.47 Å². The van der Waals surface area contributed by atoms with Gasteiger partial charge in [-0.15, -0.1) is 0 Å². The third-order valence-electron chi connectivity index (χ3n) is 5.47. The normalized spacial score (nSPS) is 24.4. The molecule has 1 amide bonds. The minimum absolute atomic E-state index is 0.0849. The summed E-state index contributed by atoms with van der Waals surface area (Å²) < 4.78 is 34.5. The van der Waals surface area contributed by atoms with Gasteiger partial charge in [0.05, 0.1) is 23.8 Å². The molecule has 0 saturated heterocycles. The van der Waals surface area contributed by atoms with Crippen molar-refractivity contribution in [1.29, 1.82) is 0 Å². The molecule has 7 nitrogen and oxygen atoms in total. The Hall–Kier alpha value is -2.35. The minimum Gasteiger partial charge on any atom is -0.486 e. The number of hydrogen-bond acceptors (Lipinski definition) is 6. The van der Waals surface area contributed by atoms with Crippen LogP contribution in [0.2, 0.25) is 0 Å². The first-order valence-corrected chi connectivity index (χ1v) is 11.3. The summed E-state index contributed by atoms with van der Waals surface area (Å²) in [5.74, 6) is 0.493. The Balaban J connectivity index is 1.39. The molecule has 3 aliphatic rings. The second kappa shape index (κ2) is 7.24. The molecule has 0 aromatic heterocycles. The molecular weight excluding hydrogens is 382 g/mol. The van der Waals surface area contributed by atoms with Crippen LogP contribution in [0.4, 0.5) is 0 Å². The second-order valence-corrected chi connectivity index (χ2v) is 9.66. The maximum atomic E-state index is 12.5. The molecule has 28 heavy (non-hydrogen) atoms. The lowest BCUT2D eigenvalue weighted by atomic mass is 9.78. The van der Waals surface area contributed by atoms with Crippen molar-refractivity contribution in [3.8, 4) is 11.5 Å². The molecule has 8 heteroatoms. The van der Waals surface area contributed by atoms with Gasteiger partial charge in [-0.25, -0.2) is 8.42 Å². The number of sulfone groups is 1. The lowest BCUT2D eigenvalue weighted by Crippen LogP contribution is -2.43. The van der Waals surface area contributed by atoms with Gasteiger partial charge < -0.3 is 14.8 Å². The highest BCUT2D eigenvalue weighted by molar-refractivity contribution is 7.94. The molecule has 1 fully saturated rings. The fourth-order valence-electron chi connectivity index (χ4n) is 4.10. The van der Waals surface area contributed by atoms with Crippen LogP contribution in [0.25, 0.3) is 0 Å². The highest BCUT2D eigenvalue weighted by Gasteiger charge is 2.41. The predicted molar refractivity (Wildman–Crippen MR) is 102 cm³/mol. The Labute approximate surface area is 164 Å². The van der Waals surface area contributed by atoms with Gasteiger partial charge in [0.1, 0.15) is 17.1 Å². The number of hydrogen-bond donors (Lipinski definition) is 1. The van der Waals surface area contributed by atoms with Crippen LogP contribution in [-0.2, 0) is 14.6 Å². The largest absolute Gasteiger partial charge is 0.486 e. The first-order valence-electron chi connectivity index (χ1n) is 9.54. The summed E-state index contributed by atoms with van der Waals surface area (Å²) in [7, 11) is -3.22. The summed E-state index contributed by atoms with van der Waals surface area (Å²) in [5.41, 5.74) is 0.146. The van der Waals surface area contributed by atoms with Crippen LogP contribution in [0, 0.1) is 0 Å². The minimum atomic E-state index is -3.22. The van der Waals surface area contributed by atoms with Crippen LogP contribution in [0.3, 0.4) is 0 Å². The standard InChI is InChI=1S/C20H23NO6S/c22-17-11-20(7-2-1-3-8-20)27-18-10-15(4-5-16(17)18)26-12-19(23)21-14-6-9-28(24,25)13-14/h4-6,9-10,14H,1-3,7-8,11-13H2,(H,21,23). The number of benzene rings is 1. The first-order chi connectivity index (χ1) is 13.3. The summed E-state index contributed by atoms with van der Waals surface area (Å²) in [5, 5.41) is 3.71. The van der Waals surface area contributed by atoms with Gasteiger partial charge in [0.25, 0.3) is 5.91 Å². The number of rotatable bonds is 4. The zero-order chi connectivity index (χ0) is 19.8. The van der Waals surface area contributed by atoms with E-state index in [-0.39, 0.29) is 18.1 Å². The van der Waals surface area contributed by atoms with E-state index in [0.29, 0.717) is 23.5 Å². The van der Waals surface area contributed by atoms with Gasteiger partial charge in [0, 0.05) is 11.5 Å². The third kappa shape index (κ3) is 4.06. The lowest BCUT2D eigenvalue weighted by molar-refractivity contribution is -0.123. The van der Waals surface area contributed by atoms with Gasteiger partial charge in [-0.1, -0.05) is 6.42 Å². The number of Topliss-reactive ketones (excluding diaryl/α,β-unsaturated/α-hetero) is 1. The van der Waals surface area contributed by atoms with E-state index in [1.54, 1.807) is 18.2 Å². The molecule has 1 saturated carbocycles. The zero-order valence-corrected chi connectivity index (χ0v) is 16.3. The van der Waals surface area contributed by atoms with Crippen LogP contribution >= 0.6 is 0 Å². The van der Waals surface area contributed by atoms with Gasteiger partial charge >= 0.3 is 0 Å². The number of ether oxygens (including phenoxy) is 2. The third-order valence-corrected chi connectivity index (χ3v) is 6.87. The maximum Gasteiger partial charge on any atom is 0.258 e. The number of carbonyl (C=O) groups excluding carboxylic acids is 2. The molecule has 150 valence electrons. The predicted octanol–water partition coefficient (Wildman–Crippen LogP) is 2.16. The number of nitrogens with one attached hydrogen (secondary N) is 1. The molecule has 2 aliphatic heterocycles. The molecule has 1 aromatic carbocycles. The van der Waals surface area contributed by atoms with E-state index < -0.39 is 27.4 Å². The van der Waals surface area contributed by atoms with Crippen molar-refractivity contribution in [3.05, 3.63) is 35.2 Å². The van der Waals surface area contributed by atoms with E-state index in [2.05, 4.69) is 5.32 Å². The lowest BCUT2D eigenvalue weighted by Gasteiger charge is -2.40. The molecule has 0 bridgehead atoms. The van der Waals surface area contributed by atoms with E-state index in [9.17, 15) is 18.0 Å². The summed E-state index contributed by atoms with van der Waals surface area (Å²) in [4.78, 5) is 24.6. The summed E-state index contributed by atoms with van der Waals surface area (Å²) >= 11 is 0. The van der Waals surface area contributed by atoms with E-state index in [1.165, 1.54) is 12.5 Å². The number of amides is 1. The summed E-state index contributed by atoms with van der Waals surface area (Å²) in [6.07, 6.45) is 6.92. The SMILES string of the molecule is O=C(COc1ccc2c(c1)OC1(CCCCC1)CC2=O)NC1C=CS(=O)(=O)C1. The second-order valence-electron chi connectivity index (χ2n) is 7.72. The Kier molecular flexibility index (Phi) is 4.91. The fraction of sp³-hybridized carbons (Fsp3) is 0.500. The highest BCUT2D eigenvalue weighted by Crippen LogP contribution is 2.42. The van der Waals surface area contributed by atoms with Gasteiger partial charge in [-0.2, -0.15) is 0 Å². The van der Waals surface area contributed by atoms with Crippen LogP contribution in [0.1, 0.15) is 48.9 Å². The van der Waals surface area contributed by atoms with Crippen molar-refractivity contribution in [3.63, 3.8) is 0 Å². The van der Waals surface area contributed by atoms with Crippen molar-refractivity contribution in [2.75, 3.05) is 12.4 Å². The Bertz CT molecular complexity index is 930. The molecule has 1 aliphatic carbocycles. The van der Waals surface area contributed by atoms with Crippen LogP contribution < -0.4 is 14.8 Å². The van der Waals surface area contributed by atoms with Crippen molar-refractivity contribution >= 4 is 21.5 Å². The number of fused-ring (bicyclic) bond motifs is 1. The molecule has 1 aromatic rings. The molecule has 4 rings (SSSR count). The number of carbonyl (C=O) groups is 2. The molecule has 1 atom stereocenters. The smallest absolute Gasteiger partial charge is 0.258 e. The van der Waals surface area contributed by atoms with Gasteiger partial charge in [0.15, 0.2) is 22.2 Å². The van der Waals surface area contributed by atoms with Gasteiger partial charge in [-0.3, -0.25) is 9.59 Å². The Morgan fingerprint density at radius 3 is 2.75 bits per heavy atom. The molecular formula is C20H23NO6S. The maximum absolute atomic E-state index is 12.5. The Morgan fingerprint density at radius 1 is 1.25 bits per heavy atom. The van der Waals surface area contributed by atoms with E-state index in [1.807, 2.05) is 0 Å². The summed E-state index contributed by atoms with van der Waals surface area (Å²) in [6, 6.07) is 4.45. The average Bonchev–Trinajstić information content (AvgIpc) is 2.98. The summed E-state index contributed by atoms with van der Waals surface area (Å²) in [6.45, 7) is -0.248. The van der Waals surface area contributed by atoms with Crippen molar-refractivity contribution in [2.24, 2.45) is 0 Å². The first kappa shape index (κ1) is 19.0. The molecule has 1 spiro atoms. The molecule has 2 heterocycles. The van der Waals surface area contributed by atoms with Gasteiger partial charge in [0.2, 0.25) is 0 Å². The van der Waals surface area contributed by atoms with Crippen molar-refractivity contribution in [1.82, 2.24) is 5.32 Å². The van der Waals surface area contributed by atoms with Crippen LogP contribution in [0.5, 0.6) is 11.5 Å².